The number of hydrogen-bond acceptors (Lipinski definition) is 1. The Balaban J connectivity index is 2.20. The molecule has 0 aromatic heterocycles. The van der Waals surface area contributed by atoms with E-state index in [0.717, 1.165) is 16.1 Å². The third-order valence-corrected chi connectivity index (χ3v) is 5.54. The lowest BCUT2D eigenvalue weighted by Gasteiger charge is -2.23. The number of benzene rings is 1. The van der Waals surface area contributed by atoms with Crippen molar-refractivity contribution in [2.45, 2.75) is 43.4 Å². The van der Waals surface area contributed by atoms with Gasteiger partial charge in [-0.05, 0) is 37.0 Å². The van der Waals surface area contributed by atoms with Crippen molar-refractivity contribution in [3.63, 3.8) is 0 Å². The number of hydrogen-bond donors (Lipinski definition) is 0. The van der Waals surface area contributed by atoms with E-state index in [9.17, 15) is 0 Å². The van der Waals surface area contributed by atoms with Crippen LogP contribution in [0.3, 0.4) is 0 Å². The Kier molecular flexibility index (Phi) is 5.56. The molecule has 3 heteroatoms. The maximum atomic E-state index is 5.49. The van der Waals surface area contributed by atoms with Crippen molar-refractivity contribution in [2.75, 3.05) is 7.11 Å². The molecule has 0 amide bonds. The second kappa shape index (κ2) is 6.95. The molecule has 0 aliphatic heterocycles. The molecule has 0 spiro atoms. The monoisotopic (exact) mass is 374 g/mol. The fourth-order valence-electron chi connectivity index (χ4n) is 2.78. The number of ether oxygens (including phenoxy) is 1. The first-order valence-electron chi connectivity index (χ1n) is 6.70. The highest BCUT2D eigenvalue weighted by molar-refractivity contribution is 9.10. The fourth-order valence-corrected chi connectivity index (χ4v) is 4.04. The van der Waals surface area contributed by atoms with E-state index >= 15 is 0 Å². The minimum absolute atomic E-state index is 0.406. The quantitative estimate of drug-likeness (QED) is 0.474. The van der Waals surface area contributed by atoms with Crippen LogP contribution in [0.2, 0.25) is 0 Å². The minimum Gasteiger partial charge on any atom is -0.496 e. The Bertz CT molecular complexity index is 384. The molecule has 1 aromatic carbocycles. The summed E-state index contributed by atoms with van der Waals surface area (Å²) >= 11 is 7.46. The average molecular weight is 376 g/mol. The summed E-state index contributed by atoms with van der Waals surface area (Å²) in [7, 11) is 1.75. The van der Waals surface area contributed by atoms with Gasteiger partial charge in [0.2, 0.25) is 0 Å². The van der Waals surface area contributed by atoms with Crippen LogP contribution in [0, 0.1) is 5.92 Å². The van der Waals surface area contributed by atoms with E-state index in [1.165, 1.54) is 44.1 Å². The van der Waals surface area contributed by atoms with Gasteiger partial charge in [-0.25, -0.2) is 0 Å². The number of methoxy groups -OCH3 is 1. The maximum absolute atomic E-state index is 5.49. The van der Waals surface area contributed by atoms with Crippen molar-refractivity contribution in [1.82, 2.24) is 0 Å². The van der Waals surface area contributed by atoms with Crippen molar-refractivity contribution in [2.24, 2.45) is 5.92 Å². The first-order chi connectivity index (χ1) is 8.72. The van der Waals surface area contributed by atoms with Gasteiger partial charge in [0, 0.05) is 14.9 Å². The fraction of sp³-hybridized carbons (Fsp3) is 0.600. The first-order valence-corrected chi connectivity index (χ1v) is 8.40. The maximum Gasteiger partial charge on any atom is 0.123 e. The largest absolute Gasteiger partial charge is 0.496 e. The Morgan fingerprint density at radius 3 is 2.44 bits per heavy atom. The molecule has 0 radical (unpaired) electrons. The van der Waals surface area contributed by atoms with Crippen LogP contribution in [0.5, 0.6) is 5.75 Å². The molecule has 18 heavy (non-hydrogen) atoms. The molecule has 1 fully saturated rings. The van der Waals surface area contributed by atoms with Gasteiger partial charge < -0.3 is 4.74 Å². The summed E-state index contributed by atoms with van der Waals surface area (Å²) in [5, 5.41) is 0. The van der Waals surface area contributed by atoms with Crippen LogP contribution in [0.1, 0.15) is 48.9 Å². The van der Waals surface area contributed by atoms with E-state index in [4.69, 9.17) is 4.74 Å². The van der Waals surface area contributed by atoms with Crippen molar-refractivity contribution < 1.29 is 4.74 Å². The van der Waals surface area contributed by atoms with E-state index in [2.05, 4.69) is 37.9 Å². The van der Waals surface area contributed by atoms with E-state index in [-0.39, 0.29) is 0 Å². The van der Waals surface area contributed by atoms with Gasteiger partial charge in [0.15, 0.2) is 0 Å². The molecule has 0 heterocycles. The molecular formula is C15H20Br2O. The number of halogens is 2. The van der Waals surface area contributed by atoms with Crippen LogP contribution >= 0.6 is 31.9 Å². The Hall–Kier alpha value is -0.0200. The summed E-state index contributed by atoms with van der Waals surface area (Å²) in [5.74, 6) is 1.72. The van der Waals surface area contributed by atoms with Gasteiger partial charge in [-0.3, -0.25) is 0 Å². The molecule has 0 saturated heterocycles. The van der Waals surface area contributed by atoms with Gasteiger partial charge >= 0.3 is 0 Å². The third kappa shape index (κ3) is 3.51. The molecule has 1 aliphatic carbocycles. The van der Waals surface area contributed by atoms with E-state index < -0.39 is 0 Å². The van der Waals surface area contributed by atoms with E-state index in [1.807, 2.05) is 12.1 Å². The third-order valence-electron chi connectivity index (χ3n) is 3.80. The zero-order valence-electron chi connectivity index (χ0n) is 10.8. The highest BCUT2D eigenvalue weighted by Gasteiger charge is 2.24. The zero-order valence-corrected chi connectivity index (χ0v) is 14.0. The summed E-state index contributed by atoms with van der Waals surface area (Å²) in [6, 6.07) is 6.27. The van der Waals surface area contributed by atoms with Crippen molar-refractivity contribution in [3.8, 4) is 5.75 Å². The standard InChI is InChI=1S/C15H20Br2O/c1-18-14-9-8-12(16)10-13(14)15(17)11-6-4-2-3-5-7-11/h8-11,15H,2-7H2,1H3. The molecule has 1 unspecified atom stereocenters. The molecule has 1 aromatic rings. The van der Waals surface area contributed by atoms with Crippen LogP contribution in [0.15, 0.2) is 22.7 Å². The van der Waals surface area contributed by atoms with Crippen molar-refractivity contribution >= 4 is 31.9 Å². The first kappa shape index (κ1) is 14.4. The topological polar surface area (TPSA) is 9.23 Å². The average Bonchev–Trinajstić information content (AvgIpc) is 2.66. The second-order valence-electron chi connectivity index (χ2n) is 5.04. The van der Waals surface area contributed by atoms with Crippen LogP contribution < -0.4 is 4.74 Å². The number of rotatable bonds is 3. The van der Waals surface area contributed by atoms with Crippen molar-refractivity contribution in [1.29, 1.82) is 0 Å². The smallest absolute Gasteiger partial charge is 0.123 e. The van der Waals surface area contributed by atoms with Crippen LogP contribution in [0.4, 0.5) is 0 Å². The normalized spacial score (nSPS) is 19.3. The van der Waals surface area contributed by atoms with Gasteiger partial charge in [0.1, 0.15) is 5.75 Å². The van der Waals surface area contributed by atoms with Crippen LogP contribution in [0.25, 0.3) is 0 Å². The van der Waals surface area contributed by atoms with Gasteiger partial charge in [0.25, 0.3) is 0 Å². The lowest BCUT2D eigenvalue weighted by atomic mass is 9.92. The Labute approximate surface area is 127 Å². The van der Waals surface area contributed by atoms with E-state index in [0.29, 0.717) is 4.83 Å². The predicted molar refractivity (Wildman–Crippen MR) is 83.6 cm³/mol. The molecule has 100 valence electrons. The molecule has 1 atom stereocenters. The molecule has 2 rings (SSSR count). The minimum atomic E-state index is 0.406. The Morgan fingerprint density at radius 1 is 1.17 bits per heavy atom. The van der Waals surface area contributed by atoms with Gasteiger partial charge in [-0.1, -0.05) is 57.5 Å². The van der Waals surface area contributed by atoms with Gasteiger partial charge in [-0.2, -0.15) is 0 Å². The molecule has 0 bridgehead atoms. The second-order valence-corrected chi connectivity index (χ2v) is 6.94. The predicted octanol–water partition coefficient (Wildman–Crippen LogP) is 5.86. The van der Waals surface area contributed by atoms with Crippen molar-refractivity contribution in [3.05, 3.63) is 28.2 Å². The molecule has 1 saturated carbocycles. The van der Waals surface area contributed by atoms with Gasteiger partial charge in [-0.15, -0.1) is 0 Å². The zero-order chi connectivity index (χ0) is 13.0. The Morgan fingerprint density at radius 2 is 1.83 bits per heavy atom. The highest BCUT2D eigenvalue weighted by atomic mass is 79.9. The summed E-state index contributed by atoms with van der Waals surface area (Å²) in [6.45, 7) is 0. The summed E-state index contributed by atoms with van der Waals surface area (Å²) in [5.41, 5.74) is 1.28. The lowest BCUT2D eigenvalue weighted by molar-refractivity contribution is 0.396. The van der Waals surface area contributed by atoms with Gasteiger partial charge in [0.05, 0.1) is 7.11 Å². The number of alkyl halides is 1. The SMILES string of the molecule is COc1ccc(Br)cc1C(Br)C1CCCCCC1. The lowest BCUT2D eigenvalue weighted by Crippen LogP contribution is -2.08. The van der Waals surface area contributed by atoms with E-state index in [1.54, 1.807) is 7.11 Å². The van der Waals surface area contributed by atoms with Crippen LogP contribution in [-0.2, 0) is 0 Å². The summed E-state index contributed by atoms with van der Waals surface area (Å²) in [4.78, 5) is 0.406. The van der Waals surface area contributed by atoms with Crippen LogP contribution in [-0.4, -0.2) is 7.11 Å². The molecule has 0 N–H and O–H groups in total. The summed E-state index contributed by atoms with van der Waals surface area (Å²) < 4.78 is 6.61. The summed E-state index contributed by atoms with van der Waals surface area (Å²) in [6.07, 6.45) is 8.17. The molecule has 1 nitrogen and oxygen atoms in total. The molecular weight excluding hydrogens is 356 g/mol. The highest BCUT2D eigenvalue weighted by Crippen LogP contribution is 2.43. The molecule has 1 aliphatic rings.